The number of hydrogen-bond donors (Lipinski definition) is 1. The van der Waals surface area contributed by atoms with Crippen LogP contribution in [0.25, 0.3) is 11.3 Å². The number of aromatic nitrogens is 5. The quantitative estimate of drug-likeness (QED) is 0.607. The molecule has 5 rings (SSSR count). The molecule has 0 unspecified atom stereocenters. The second-order valence-corrected chi connectivity index (χ2v) is 8.23. The summed E-state index contributed by atoms with van der Waals surface area (Å²) >= 11 is 0. The minimum Gasteiger partial charge on any atom is -0.378 e. The second-order valence-electron chi connectivity index (χ2n) is 8.23. The molecule has 0 atom stereocenters. The third kappa shape index (κ3) is 4.80. The van der Waals surface area contributed by atoms with Gasteiger partial charge in [0.1, 0.15) is 5.69 Å². The molecule has 3 aromatic rings. The molecule has 33 heavy (non-hydrogen) atoms. The summed E-state index contributed by atoms with van der Waals surface area (Å²) in [6.07, 6.45) is 2.27. The summed E-state index contributed by atoms with van der Waals surface area (Å²) < 4.78 is 7.06. The predicted octanol–water partition coefficient (Wildman–Crippen LogP) is 1.64. The summed E-state index contributed by atoms with van der Waals surface area (Å²) in [7, 11) is 1.77. The van der Waals surface area contributed by atoms with Crippen LogP contribution in [0, 0.1) is 0 Å². The zero-order valence-electron chi connectivity index (χ0n) is 18.8. The van der Waals surface area contributed by atoms with Crippen molar-refractivity contribution in [2.24, 2.45) is 7.05 Å². The fraction of sp³-hybridized carbons (Fsp3) is 0.435. The van der Waals surface area contributed by atoms with Gasteiger partial charge in [-0.2, -0.15) is 20.1 Å². The van der Waals surface area contributed by atoms with E-state index in [1.165, 1.54) is 0 Å². The topological polar surface area (TPSA) is 101 Å². The average molecular weight is 449 g/mol. The van der Waals surface area contributed by atoms with Crippen LogP contribution < -0.4 is 15.1 Å². The van der Waals surface area contributed by atoms with Gasteiger partial charge in [0.05, 0.1) is 25.5 Å². The van der Waals surface area contributed by atoms with Gasteiger partial charge in [0.25, 0.3) is 5.91 Å². The van der Waals surface area contributed by atoms with Gasteiger partial charge in [-0.1, -0.05) is 30.3 Å². The smallest absolute Gasteiger partial charge is 0.269 e. The van der Waals surface area contributed by atoms with Crippen molar-refractivity contribution in [3.8, 4) is 11.3 Å². The van der Waals surface area contributed by atoms with Gasteiger partial charge in [0.2, 0.25) is 11.9 Å². The molecule has 2 aliphatic heterocycles. The number of ether oxygens (including phenoxy) is 1. The van der Waals surface area contributed by atoms with Crippen LogP contribution in [0.3, 0.4) is 0 Å². The standard InChI is InChI=1S/C23H28N8O2/c1-29-19(15-18(28-29)17-7-3-2-4-8-17)21(32)24-16-20-25-22(30-9-5-6-10-30)27-23(26-20)31-11-13-33-14-12-31/h2-4,7-8,15H,5-6,9-14,16H2,1H3,(H,24,32). The molecule has 2 fully saturated rings. The third-order valence-electron chi connectivity index (χ3n) is 5.93. The lowest BCUT2D eigenvalue weighted by atomic mass is 10.1. The number of rotatable bonds is 6. The first-order chi connectivity index (χ1) is 16.2. The van der Waals surface area contributed by atoms with E-state index < -0.39 is 0 Å². The monoisotopic (exact) mass is 448 g/mol. The summed E-state index contributed by atoms with van der Waals surface area (Å²) in [5, 5.41) is 7.44. The highest BCUT2D eigenvalue weighted by Crippen LogP contribution is 2.20. The Hall–Kier alpha value is -3.53. The van der Waals surface area contributed by atoms with E-state index in [-0.39, 0.29) is 12.5 Å². The van der Waals surface area contributed by atoms with E-state index >= 15 is 0 Å². The number of hydrogen-bond acceptors (Lipinski definition) is 8. The zero-order chi connectivity index (χ0) is 22.6. The molecular formula is C23H28N8O2. The highest BCUT2D eigenvalue weighted by molar-refractivity contribution is 5.93. The van der Waals surface area contributed by atoms with E-state index in [1.807, 2.05) is 30.3 Å². The van der Waals surface area contributed by atoms with Crippen molar-refractivity contribution in [1.82, 2.24) is 30.0 Å². The molecule has 1 N–H and O–H groups in total. The summed E-state index contributed by atoms with van der Waals surface area (Å²) in [4.78, 5) is 31.3. The van der Waals surface area contributed by atoms with Crippen LogP contribution >= 0.6 is 0 Å². The summed E-state index contributed by atoms with van der Waals surface area (Å²) in [6.45, 7) is 4.89. The van der Waals surface area contributed by atoms with Crippen LogP contribution in [0.5, 0.6) is 0 Å². The van der Waals surface area contributed by atoms with Crippen molar-refractivity contribution in [3.63, 3.8) is 0 Å². The van der Waals surface area contributed by atoms with Gasteiger partial charge < -0.3 is 19.9 Å². The minimum absolute atomic E-state index is 0.214. The molecule has 2 aromatic heterocycles. The molecule has 2 saturated heterocycles. The van der Waals surface area contributed by atoms with Crippen molar-refractivity contribution < 1.29 is 9.53 Å². The van der Waals surface area contributed by atoms with E-state index in [4.69, 9.17) is 9.72 Å². The van der Waals surface area contributed by atoms with E-state index in [1.54, 1.807) is 17.8 Å². The molecule has 172 valence electrons. The Morgan fingerprint density at radius 3 is 2.33 bits per heavy atom. The molecule has 1 aromatic carbocycles. The Morgan fingerprint density at radius 1 is 0.970 bits per heavy atom. The van der Waals surface area contributed by atoms with E-state index in [2.05, 4.69) is 30.2 Å². The van der Waals surface area contributed by atoms with E-state index in [9.17, 15) is 4.79 Å². The lowest BCUT2D eigenvalue weighted by Gasteiger charge is -2.28. The minimum atomic E-state index is -0.219. The van der Waals surface area contributed by atoms with Gasteiger partial charge >= 0.3 is 0 Å². The zero-order valence-corrected chi connectivity index (χ0v) is 18.8. The number of morpholine rings is 1. The highest BCUT2D eigenvalue weighted by atomic mass is 16.5. The first-order valence-corrected chi connectivity index (χ1v) is 11.4. The fourth-order valence-electron chi connectivity index (χ4n) is 4.12. The number of amides is 1. The molecular weight excluding hydrogens is 420 g/mol. The lowest BCUT2D eigenvalue weighted by Crippen LogP contribution is -2.38. The number of carbonyl (C=O) groups is 1. The van der Waals surface area contributed by atoms with Crippen LogP contribution in [0.4, 0.5) is 11.9 Å². The van der Waals surface area contributed by atoms with Gasteiger partial charge in [-0.15, -0.1) is 0 Å². The van der Waals surface area contributed by atoms with Crippen molar-refractivity contribution in [3.05, 3.63) is 47.9 Å². The first kappa shape index (κ1) is 21.3. The molecule has 10 heteroatoms. The molecule has 0 aliphatic carbocycles. The SMILES string of the molecule is Cn1nc(-c2ccccc2)cc1C(=O)NCc1nc(N2CCCC2)nc(N2CCOCC2)n1. The Kier molecular flexibility index (Phi) is 6.16. The van der Waals surface area contributed by atoms with Crippen LogP contribution in [-0.2, 0) is 18.3 Å². The molecule has 1 amide bonds. The predicted molar refractivity (Wildman–Crippen MR) is 124 cm³/mol. The Morgan fingerprint density at radius 2 is 1.64 bits per heavy atom. The van der Waals surface area contributed by atoms with Gasteiger partial charge in [0.15, 0.2) is 5.82 Å². The molecule has 4 heterocycles. The van der Waals surface area contributed by atoms with Crippen LogP contribution in [0.15, 0.2) is 36.4 Å². The maximum atomic E-state index is 12.9. The maximum absolute atomic E-state index is 12.9. The molecule has 2 aliphatic rings. The third-order valence-corrected chi connectivity index (χ3v) is 5.93. The number of carbonyl (C=O) groups excluding carboxylic acids is 1. The van der Waals surface area contributed by atoms with Crippen molar-refractivity contribution in [2.75, 3.05) is 49.2 Å². The van der Waals surface area contributed by atoms with E-state index in [0.29, 0.717) is 36.6 Å². The molecule has 0 spiro atoms. The van der Waals surface area contributed by atoms with Gasteiger partial charge in [0, 0.05) is 38.8 Å². The first-order valence-electron chi connectivity index (χ1n) is 11.4. The lowest BCUT2D eigenvalue weighted by molar-refractivity contribution is 0.0940. The number of anilines is 2. The molecule has 0 bridgehead atoms. The van der Waals surface area contributed by atoms with Gasteiger partial charge in [-0.25, -0.2) is 0 Å². The maximum Gasteiger partial charge on any atom is 0.269 e. The largest absolute Gasteiger partial charge is 0.378 e. The van der Waals surface area contributed by atoms with E-state index in [0.717, 1.165) is 50.3 Å². The normalized spacial score (nSPS) is 16.3. The second kappa shape index (κ2) is 9.53. The fourth-order valence-corrected chi connectivity index (χ4v) is 4.12. The van der Waals surface area contributed by atoms with Gasteiger partial charge in [-0.05, 0) is 18.9 Å². The summed E-state index contributed by atoms with van der Waals surface area (Å²) in [6, 6.07) is 11.6. The van der Waals surface area contributed by atoms with Gasteiger partial charge in [-0.3, -0.25) is 9.48 Å². The summed E-state index contributed by atoms with van der Waals surface area (Å²) in [5.41, 5.74) is 2.21. The van der Waals surface area contributed by atoms with Crippen molar-refractivity contribution in [1.29, 1.82) is 0 Å². The van der Waals surface area contributed by atoms with Crippen LogP contribution in [0.1, 0.15) is 29.2 Å². The molecule has 0 radical (unpaired) electrons. The number of nitrogens with one attached hydrogen (secondary N) is 1. The molecule has 10 nitrogen and oxygen atoms in total. The number of nitrogens with zero attached hydrogens (tertiary/aromatic N) is 7. The Bertz CT molecular complexity index is 1100. The highest BCUT2D eigenvalue weighted by Gasteiger charge is 2.22. The van der Waals surface area contributed by atoms with Crippen molar-refractivity contribution in [2.45, 2.75) is 19.4 Å². The van der Waals surface area contributed by atoms with Crippen LogP contribution in [0.2, 0.25) is 0 Å². The van der Waals surface area contributed by atoms with Crippen molar-refractivity contribution >= 4 is 17.8 Å². The molecule has 0 saturated carbocycles. The van der Waals surface area contributed by atoms with Crippen LogP contribution in [-0.4, -0.2) is 70.0 Å². The number of benzene rings is 1. The average Bonchev–Trinajstić information content (AvgIpc) is 3.54. The summed E-state index contributed by atoms with van der Waals surface area (Å²) in [5.74, 6) is 1.65. The Labute approximate surface area is 192 Å². The Balaban J connectivity index is 1.34. The number of aryl methyl sites for hydroxylation is 1.